The third-order valence-electron chi connectivity index (χ3n) is 4.22. The van der Waals surface area contributed by atoms with Gasteiger partial charge in [0, 0.05) is 18.6 Å². The van der Waals surface area contributed by atoms with E-state index in [1.807, 2.05) is 12.1 Å². The van der Waals surface area contributed by atoms with E-state index in [0.717, 1.165) is 32.1 Å². The quantitative estimate of drug-likeness (QED) is 0.662. The van der Waals surface area contributed by atoms with Crippen molar-refractivity contribution in [2.24, 2.45) is 11.7 Å². The van der Waals surface area contributed by atoms with Crippen LogP contribution in [0.3, 0.4) is 0 Å². The summed E-state index contributed by atoms with van der Waals surface area (Å²) in [5, 5.41) is 10.6. The molecule has 1 aromatic carbocycles. The van der Waals surface area contributed by atoms with E-state index in [9.17, 15) is 14.9 Å². The van der Waals surface area contributed by atoms with E-state index >= 15 is 0 Å². The Labute approximate surface area is 118 Å². The second kappa shape index (κ2) is 6.50. The molecular weight excluding hydrogens is 256 g/mol. The first-order chi connectivity index (χ1) is 9.56. The molecule has 2 rings (SSSR count). The molecule has 108 valence electrons. The minimum atomic E-state index is -0.371. The third kappa shape index (κ3) is 3.79. The van der Waals surface area contributed by atoms with Gasteiger partial charge in [0.25, 0.3) is 5.69 Å². The van der Waals surface area contributed by atoms with Crippen LogP contribution in [0, 0.1) is 16.0 Å². The summed E-state index contributed by atoms with van der Waals surface area (Å²) in [6, 6.07) is 6.89. The van der Waals surface area contributed by atoms with Gasteiger partial charge in [-0.2, -0.15) is 0 Å². The van der Waals surface area contributed by atoms with Crippen molar-refractivity contribution < 1.29 is 9.72 Å². The highest BCUT2D eigenvalue weighted by molar-refractivity contribution is 5.73. The molecule has 1 fully saturated rings. The number of nitrogens with two attached hydrogens (primary N) is 1. The summed E-state index contributed by atoms with van der Waals surface area (Å²) in [4.78, 5) is 21.0. The summed E-state index contributed by atoms with van der Waals surface area (Å²) in [5.41, 5.74) is 6.50. The summed E-state index contributed by atoms with van der Waals surface area (Å²) < 4.78 is 0. The van der Waals surface area contributed by atoms with Crippen LogP contribution in [0.15, 0.2) is 24.3 Å². The predicted octanol–water partition coefficient (Wildman–Crippen LogP) is 3.13. The number of nitro groups is 1. The fourth-order valence-electron chi connectivity index (χ4n) is 3.00. The molecule has 1 aromatic rings. The van der Waals surface area contributed by atoms with E-state index in [4.69, 9.17) is 5.73 Å². The number of hydrogen-bond donors (Lipinski definition) is 1. The Bertz CT molecular complexity index is 476. The van der Waals surface area contributed by atoms with Crippen LogP contribution in [0.2, 0.25) is 0 Å². The molecular formula is C15H20N2O3. The van der Waals surface area contributed by atoms with Gasteiger partial charge < -0.3 is 5.73 Å². The molecule has 1 aliphatic carbocycles. The van der Waals surface area contributed by atoms with Gasteiger partial charge in [0.05, 0.1) is 4.92 Å². The first kappa shape index (κ1) is 14.5. The van der Waals surface area contributed by atoms with Crippen LogP contribution in [0.25, 0.3) is 0 Å². The fourth-order valence-corrected chi connectivity index (χ4v) is 3.00. The van der Waals surface area contributed by atoms with E-state index in [1.165, 1.54) is 5.56 Å². The maximum atomic E-state index is 10.8. The summed E-state index contributed by atoms with van der Waals surface area (Å²) in [7, 11) is 0. The first-order valence-electron chi connectivity index (χ1n) is 7.09. The van der Waals surface area contributed by atoms with Crippen LogP contribution in [0.5, 0.6) is 0 Å². The van der Waals surface area contributed by atoms with Crippen molar-refractivity contribution in [1.82, 2.24) is 0 Å². The lowest BCUT2D eigenvalue weighted by molar-refractivity contribution is -0.384. The monoisotopic (exact) mass is 276 g/mol. The second-order valence-electron chi connectivity index (χ2n) is 5.57. The molecule has 0 atom stereocenters. The molecule has 0 aliphatic heterocycles. The number of non-ortho nitro benzene ring substituents is 1. The number of primary amides is 1. The number of carbonyl (C=O) groups excluding carboxylic acids is 1. The number of nitro benzene ring substituents is 1. The largest absolute Gasteiger partial charge is 0.370 e. The van der Waals surface area contributed by atoms with Crippen molar-refractivity contribution in [2.75, 3.05) is 0 Å². The predicted molar refractivity (Wildman–Crippen MR) is 76.2 cm³/mol. The lowest BCUT2D eigenvalue weighted by Gasteiger charge is -2.28. The SMILES string of the molecule is NC(=O)CCC1CCC(c2ccc([N+](=O)[O-])cc2)CC1. The first-order valence-corrected chi connectivity index (χ1v) is 7.09. The Morgan fingerprint density at radius 1 is 1.20 bits per heavy atom. The average Bonchev–Trinajstić information content (AvgIpc) is 2.46. The van der Waals surface area contributed by atoms with Crippen LogP contribution in [-0.2, 0) is 4.79 Å². The van der Waals surface area contributed by atoms with Crippen molar-refractivity contribution >= 4 is 11.6 Å². The fraction of sp³-hybridized carbons (Fsp3) is 0.533. The Balaban J connectivity index is 1.87. The molecule has 5 nitrogen and oxygen atoms in total. The van der Waals surface area contributed by atoms with E-state index in [-0.39, 0.29) is 16.5 Å². The zero-order valence-electron chi connectivity index (χ0n) is 11.5. The van der Waals surface area contributed by atoms with E-state index in [2.05, 4.69) is 0 Å². The van der Waals surface area contributed by atoms with Gasteiger partial charge in [-0.25, -0.2) is 0 Å². The Morgan fingerprint density at radius 3 is 2.30 bits per heavy atom. The molecule has 0 saturated heterocycles. The van der Waals surface area contributed by atoms with E-state index < -0.39 is 0 Å². The standard InChI is InChI=1S/C15H20N2O3/c16-15(18)10-3-11-1-4-12(5-2-11)13-6-8-14(9-7-13)17(19)20/h6-9,11-12H,1-5,10H2,(H2,16,18). The minimum Gasteiger partial charge on any atom is -0.370 e. The van der Waals surface area contributed by atoms with Crippen LogP contribution in [0.1, 0.15) is 50.0 Å². The van der Waals surface area contributed by atoms with Gasteiger partial charge in [-0.05, 0) is 49.5 Å². The Kier molecular flexibility index (Phi) is 4.71. The molecule has 20 heavy (non-hydrogen) atoms. The van der Waals surface area contributed by atoms with Crippen LogP contribution >= 0.6 is 0 Å². The highest BCUT2D eigenvalue weighted by atomic mass is 16.6. The number of carbonyl (C=O) groups is 1. The molecule has 0 heterocycles. The Morgan fingerprint density at radius 2 is 1.80 bits per heavy atom. The molecule has 1 amide bonds. The second-order valence-corrected chi connectivity index (χ2v) is 5.57. The number of benzene rings is 1. The maximum Gasteiger partial charge on any atom is 0.269 e. The third-order valence-corrected chi connectivity index (χ3v) is 4.22. The molecule has 5 heteroatoms. The molecule has 2 N–H and O–H groups in total. The zero-order valence-corrected chi connectivity index (χ0v) is 11.5. The smallest absolute Gasteiger partial charge is 0.269 e. The highest BCUT2D eigenvalue weighted by Crippen LogP contribution is 2.37. The molecule has 0 aromatic heterocycles. The van der Waals surface area contributed by atoms with Crippen LogP contribution in [-0.4, -0.2) is 10.8 Å². The number of rotatable bonds is 5. The normalized spacial score (nSPS) is 22.4. The summed E-state index contributed by atoms with van der Waals surface area (Å²) in [6.07, 6.45) is 5.75. The van der Waals surface area contributed by atoms with Gasteiger partial charge in [0.2, 0.25) is 5.91 Å². The van der Waals surface area contributed by atoms with Crippen molar-refractivity contribution in [3.05, 3.63) is 39.9 Å². The van der Waals surface area contributed by atoms with Gasteiger partial charge in [-0.1, -0.05) is 12.1 Å². The van der Waals surface area contributed by atoms with Crippen molar-refractivity contribution in [1.29, 1.82) is 0 Å². The Hall–Kier alpha value is -1.91. The number of nitrogens with zero attached hydrogens (tertiary/aromatic N) is 1. The highest BCUT2D eigenvalue weighted by Gasteiger charge is 2.22. The van der Waals surface area contributed by atoms with Crippen molar-refractivity contribution in [2.45, 2.75) is 44.4 Å². The van der Waals surface area contributed by atoms with Gasteiger partial charge in [-0.15, -0.1) is 0 Å². The van der Waals surface area contributed by atoms with Gasteiger partial charge in [-0.3, -0.25) is 14.9 Å². The summed E-state index contributed by atoms with van der Waals surface area (Å²) >= 11 is 0. The van der Waals surface area contributed by atoms with Crippen molar-refractivity contribution in [3.63, 3.8) is 0 Å². The average molecular weight is 276 g/mol. The minimum absolute atomic E-state index is 0.142. The molecule has 0 unspecified atom stereocenters. The van der Waals surface area contributed by atoms with Crippen LogP contribution < -0.4 is 5.73 Å². The molecule has 0 radical (unpaired) electrons. The van der Waals surface area contributed by atoms with Gasteiger partial charge in [0.1, 0.15) is 0 Å². The van der Waals surface area contributed by atoms with Gasteiger partial charge in [0.15, 0.2) is 0 Å². The lowest BCUT2D eigenvalue weighted by atomic mass is 9.77. The summed E-state index contributed by atoms with van der Waals surface area (Å²) in [5.74, 6) is 0.861. The molecule has 0 spiro atoms. The maximum absolute atomic E-state index is 10.8. The van der Waals surface area contributed by atoms with Gasteiger partial charge >= 0.3 is 0 Å². The van der Waals surface area contributed by atoms with Crippen LogP contribution in [0.4, 0.5) is 5.69 Å². The number of amides is 1. The molecule has 1 aliphatic rings. The topological polar surface area (TPSA) is 86.2 Å². The number of hydrogen-bond acceptors (Lipinski definition) is 3. The van der Waals surface area contributed by atoms with E-state index in [1.54, 1.807) is 12.1 Å². The van der Waals surface area contributed by atoms with Crippen molar-refractivity contribution in [3.8, 4) is 0 Å². The lowest BCUT2D eigenvalue weighted by Crippen LogP contribution is -2.17. The molecule has 0 bridgehead atoms. The summed E-state index contributed by atoms with van der Waals surface area (Å²) in [6.45, 7) is 0. The molecule has 1 saturated carbocycles. The zero-order chi connectivity index (χ0) is 14.5. The van der Waals surface area contributed by atoms with E-state index in [0.29, 0.717) is 18.3 Å².